The number of hydrogen-bond acceptors (Lipinski definition) is 42. The van der Waals surface area contributed by atoms with E-state index in [1.165, 1.54) is 47.3 Å². The van der Waals surface area contributed by atoms with Crippen LogP contribution in [0.4, 0.5) is 5.82 Å². The molecular weight excluding hydrogens is 1620 g/mol. The van der Waals surface area contributed by atoms with Gasteiger partial charge in [0.25, 0.3) is 0 Å². The average molecular weight is 1720 g/mol. The molecule has 6 rings (SSSR count). The van der Waals surface area contributed by atoms with Gasteiger partial charge in [-0.05, 0) is 12.8 Å². The van der Waals surface area contributed by atoms with E-state index in [9.17, 15) is 108 Å². The maximum absolute atomic E-state index is 13.6. The molecule has 3 aliphatic heterocycles. The fourth-order valence-corrected chi connectivity index (χ4v) is 15.0. The number of hydrogen-bond donors (Lipinski definition) is 17. The molecule has 4 aliphatic rings. The molecule has 1 saturated carbocycles. The SMILES string of the molecule is CC1[C@H](OCCOP(=O)(O)OCOCC(COCOP(=O)(O)OCCO[C@@H]2OC(CO)[C@H](O)[C@H](O)C2C)(COCOP(=O)(O)OCCO[C@@H]2OC(CO)[C@H](O)[C@H](O)C2C)COP(=O)(O)OCOCC(CO)COCOP(=O)(O)O[C@H]2C[C@H](n3cnc4c(N)ncnc43)C[C@@H]2COP(=O)(O)C(C)C)OC(CO)[C@H](O)[C@@H]1O. The fourth-order valence-electron chi connectivity index (χ4n) is 11.0. The zero-order valence-corrected chi connectivity index (χ0v) is 65.7. The number of anilines is 1. The predicted molar refractivity (Wildman–Crippen MR) is 361 cm³/mol. The van der Waals surface area contributed by atoms with Crippen LogP contribution in [-0.2, 0) is 129 Å². The van der Waals surface area contributed by atoms with Crippen LogP contribution >= 0.6 is 46.7 Å². The predicted octanol–water partition coefficient (Wildman–Crippen LogP) is -2.25. The van der Waals surface area contributed by atoms with Crippen molar-refractivity contribution in [1.82, 2.24) is 19.5 Å². The summed E-state index contributed by atoms with van der Waals surface area (Å²) in [5.41, 5.74) is 3.66. The van der Waals surface area contributed by atoms with Crippen molar-refractivity contribution in [2.45, 2.75) is 139 Å². The van der Waals surface area contributed by atoms with Crippen molar-refractivity contribution in [2.24, 2.45) is 35.0 Å². The van der Waals surface area contributed by atoms with Gasteiger partial charge in [0.05, 0.1) is 154 Å². The van der Waals surface area contributed by atoms with E-state index < -0.39 is 313 Å². The number of aromatic nitrogens is 4. The minimum absolute atomic E-state index is 0.0364. The highest BCUT2D eigenvalue weighted by Gasteiger charge is 2.47. The number of rotatable bonds is 54. The highest BCUT2D eigenvalue weighted by atomic mass is 31.2. The lowest BCUT2D eigenvalue weighted by molar-refractivity contribution is -0.283. The van der Waals surface area contributed by atoms with Gasteiger partial charge in [-0.15, -0.1) is 0 Å². The van der Waals surface area contributed by atoms with E-state index in [-0.39, 0.29) is 30.8 Å². The summed E-state index contributed by atoms with van der Waals surface area (Å²) in [6.07, 6.45) is -14.2. The molecule has 110 heavy (non-hydrogen) atoms. The van der Waals surface area contributed by atoms with E-state index in [4.69, 9.17) is 108 Å². The van der Waals surface area contributed by atoms with E-state index >= 15 is 0 Å². The Morgan fingerprint density at radius 1 is 0.500 bits per heavy atom. The Bertz CT molecular complexity index is 3170. The molecule has 5 heterocycles. The first-order valence-electron chi connectivity index (χ1n) is 34.0. The van der Waals surface area contributed by atoms with Crippen LogP contribution in [0, 0.1) is 35.0 Å². The van der Waals surface area contributed by atoms with Crippen molar-refractivity contribution >= 4 is 63.7 Å². The van der Waals surface area contributed by atoms with Crippen molar-refractivity contribution in [3.8, 4) is 0 Å². The fraction of sp³-hybridized carbons (Fsp3) is 0.909. The number of nitrogens with zero attached hydrogens (tertiary/aromatic N) is 4. The normalized spacial score (nSPS) is 31.8. The molecule has 25 atom stereocenters. The third kappa shape index (κ3) is 30.5. The average Bonchev–Trinajstić information content (AvgIpc) is 1.62. The molecule has 0 bridgehead atoms. The van der Waals surface area contributed by atoms with Crippen LogP contribution in [0.1, 0.15) is 53.5 Å². The number of aliphatic hydroxyl groups excluding tert-OH is 10. The summed E-state index contributed by atoms with van der Waals surface area (Å²) in [5, 5.41) is 100. The van der Waals surface area contributed by atoms with Crippen molar-refractivity contribution < 1.29 is 210 Å². The summed E-state index contributed by atoms with van der Waals surface area (Å²) in [5.74, 6) is -4.23. The van der Waals surface area contributed by atoms with Gasteiger partial charge in [0.2, 0.25) is 0 Å². The van der Waals surface area contributed by atoms with Crippen LogP contribution in [0.15, 0.2) is 12.7 Å². The largest absolute Gasteiger partial charge is 0.474 e. The van der Waals surface area contributed by atoms with E-state index in [0.29, 0.717) is 5.65 Å². The Kier molecular flexibility index (Phi) is 40.1. The summed E-state index contributed by atoms with van der Waals surface area (Å²) in [4.78, 5) is 76.2. The van der Waals surface area contributed by atoms with E-state index in [2.05, 4.69) is 15.0 Å². The number of phosphoric acid groups is 5. The molecule has 13 unspecified atom stereocenters. The number of phosphoric ester groups is 5. The molecule has 1 aliphatic carbocycles. The first kappa shape index (κ1) is 97.0. The third-order valence-electron chi connectivity index (χ3n) is 17.4. The van der Waals surface area contributed by atoms with Gasteiger partial charge < -0.3 is 147 Å². The van der Waals surface area contributed by atoms with Crippen LogP contribution in [0.5, 0.6) is 0 Å². The number of aliphatic hydroxyl groups is 10. The van der Waals surface area contributed by atoms with Gasteiger partial charge in [-0.1, -0.05) is 34.6 Å². The van der Waals surface area contributed by atoms with Gasteiger partial charge in [-0.25, -0.2) is 37.8 Å². The second kappa shape index (κ2) is 45.4. The molecule has 3 saturated heterocycles. The molecule has 2 aromatic heterocycles. The summed E-state index contributed by atoms with van der Waals surface area (Å²) in [6, 6.07) is -0.498. The summed E-state index contributed by atoms with van der Waals surface area (Å²) >= 11 is 0. The molecule has 2 aromatic rings. The number of fused-ring (bicyclic) bond motifs is 1. The Labute approximate surface area is 629 Å². The molecule has 0 radical (unpaired) electrons. The molecule has 49 nitrogen and oxygen atoms in total. The van der Waals surface area contributed by atoms with Crippen LogP contribution in [0.3, 0.4) is 0 Å². The minimum Gasteiger partial charge on any atom is -0.396 e. The van der Waals surface area contributed by atoms with Gasteiger partial charge in [0, 0.05) is 35.6 Å². The second-order valence-corrected chi connectivity index (χ2v) is 35.7. The van der Waals surface area contributed by atoms with Gasteiger partial charge >= 0.3 is 46.7 Å². The highest BCUT2D eigenvalue weighted by Crippen LogP contribution is 2.54. The Morgan fingerprint density at radius 2 is 0.891 bits per heavy atom. The minimum atomic E-state index is -5.40. The summed E-state index contributed by atoms with van der Waals surface area (Å²) in [6.45, 7) is -9.97. The van der Waals surface area contributed by atoms with Crippen LogP contribution in [-0.4, -0.2) is 332 Å². The smallest absolute Gasteiger partial charge is 0.396 e. The van der Waals surface area contributed by atoms with E-state index in [1.807, 2.05) is 0 Å². The van der Waals surface area contributed by atoms with E-state index in [1.54, 1.807) is 4.57 Å². The van der Waals surface area contributed by atoms with E-state index in [0.717, 1.165) is 0 Å². The Balaban J connectivity index is 1.08. The maximum Gasteiger partial charge on any atom is 0.474 e. The van der Waals surface area contributed by atoms with Crippen LogP contribution in [0.25, 0.3) is 11.2 Å². The quantitative estimate of drug-likeness (QED) is 0.0189. The molecule has 18 N–H and O–H groups in total. The molecular formula is C55H103N5O44P6. The maximum atomic E-state index is 13.6. The van der Waals surface area contributed by atoms with Crippen molar-refractivity contribution in [2.75, 3.05) is 152 Å². The number of ether oxygens (including phenoxy) is 11. The van der Waals surface area contributed by atoms with Crippen LogP contribution in [0.2, 0.25) is 0 Å². The van der Waals surface area contributed by atoms with Gasteiger partial charge in [-0.3, -0.25) is 49.8 Å². The van der Waals surface area contributed by atoms with Crippen LogP contribution < -0.4 is 5.73 Å². The monoisotopic (exact) mass is 1720 g/mol. The zero-order chi connectivity index (χ0) is 81.4. The first-order chi connectivity index (χ1) is 51.7. The standard InChI is InChI=1S/C55H103N5O44P6/c1-32(2)105(71,72)94-20-37-12-38(60-26-59-43-50(56)57-25-58-51(43)60)13-39(37)104-110(81,82)100-28-84-19-36(14-61)18-83-27-96-109(79,80)95-24-55(21-85-29-97-106(73,74)91-9-6-88-52-33(3)44(65)47(68)40(15-62)101-52,22-86-30-98-107(75,76)92-10-7-89-53-34(4)45(66)48(69)41(16-63)102-53)23-87-31-99-108(77,78)93-11-8-90-54-35(5)46(67)49(70)42(17-64)103-54/h25-26,32-42,44-49,52-54,61-70H,6-24,27-31H2,1-5H3,(H,71,72)(H,73,74)(H,75,76)(H,77,78)(H,79,80)(H,81,82)(H2,56,57,58)/t33?,34?,35?,36?,37-,38-,39+,40?,41?,42?,44-,45-,46-,47+,48+,49+,52-,53-,54-,55?/m1/s1. The van der Waals surface area contributed by atoms with Gasteiger partial charge in [0.15, 0.2) is 64.3 Å². The van der Waals surface area contributed by atoms with Crippen molar-refractivity contribution in [1.29, 1.82) is 0 Å². The number of imidazole rings is 1. The first-order valence-corrected chi connectivity index (χ1v) is 43.1. The Morgan fingerprint density at radius 3 is 1.28 bits per heavy atom. The molecule has 55 heteroatoms. The summed E-state index contributed by atoms with van der Waals surface area (Å²) < 4.78 is 196. The third-order valence-corrected chi connectivity index (χ3v) is 23.9. The zero-order valence-electron chi connectivity index (χ0n) is 60.3. The highest BCUT2D eigenvalue weighted by molar-refractivity contribution is 7.53. The molecule has 0 amide bonds. The molecule has 642 valence electrons. The molecule has 4 fully saturated rings. The summed E-state index contributed by atoms with van der Waals surface area (Å²) in [7, 11) is -29.9. The topological polar surface area (TPSA) is 699 Å². The Hall–Kier alpha value is -1.79. The molecule has 0 spiro atoms. The lowest BCUT2D eigenvalue weighted by Crippen LogP contribution is -2.55. The molecule has 0 aromatic carbocycles. The van der Waals surface area contributed by atoms with Gasteiger partial charge in [0.1, 0.15) is 48.5 Å². The van der Waals surface area contributed by atoms with Crippen molar-refractivity contribution in [3.63, 3.8) is 0 Å². The van der Waals surface area contributed by atoms with Crippen molar-refractivity contribution in [3.05, 3.63) is 12.7 Å². The number of nitrogens with two attached hydrogens (primary N) is 1. The lowest BCUT2D eigenvalue weighted by atomic mass is 9.92. The lowest BCUT2D eigenvalue weighted by Gasteiger charge is -2.40. The second-order valence-electron chi connectivity index (χ2n) is 26.1. The number of nitrogen functional groups attached to an aromatic ring is 1. The van der Waals surface area contributed by atoms with Gasteiger partial charge in [-0.2, -0.15) is 0 Å².